The first-order chi connectivity index (χ1) is 18.8. The summed E-state index contributed by atoms with van der Waals surface area (Å²) < 4.78 is 21.5. The lowest BCUT2D eigenvalue weighted by molar-refractivity contribution is 0.0240. The van der Waals surface area contributed by atoms with Crippen molar-refractivity contribution >= 4 is 40.9 Å². The SMILES string of the molecule is Cc1cn2cc(NC(=O)c3ccc(N4CCN(C(=O)OC(C)(C)C)CC4)c(C=NCC(C)O)c3N)cc(F)c2n1. The predicted octanol–water partition coefficient (Wildman–Crippen LogP) is 3.47. The fourth-order valence-electron chi connectivity index (χ4n) is 4.43. The van der Waals surface area contributed by atoms with Crippen molar-refractivity contribution in [1.29, 1.82) is 0 Å². The molecule has 12 heteroatoms. The highest BCUT2D eigenvalue weighted by Gasteiger charge is 2.27. The maximum Gasteiger partial charge on any atom is 0.410 e. The van der Waals surface area contributed by atoms with Crippen LogP contribution in [0.4, 0.5) is 26.2 Å². The summed E-state index contributed by atoms with van der Waals surface area (Å²) in [6.45, 7) is 11.0. The van der Waals surface area contributed by atoms with Crippen molar-refractivity contribution in [3.8, 4) is 0 Å². The molecule has 4 rings (SSSR count). The number of nitrogens with one attached hydrogen (secondary N) is 1. The average Bonchev–Trinajstić information content (AvgIpc) is 3.24. The Bertz CT molecular complexity index is 1440. The third-order valence-electron chi connectivity index (χ3n) is 6.26. The number of fused-ring (bicyclic) bond motifs is 1. The van der Waals surface area contributed by atoms with Crippen molar-refractivity contribution in [2.45, 2.75) is 46.3 Å². The van der Waals surface area contributed by atoms with Crippen LogP contribution in [0.1, 0.15) is 49.3 Å². The monoisotopic (exact) mass is 553 g/mol. The second-order valence-corrected chi connectivity index (χ2v) is 10.9. The van der Waals surface area contributed by atoms with E-state index in [1.807, 2.05) is 20.8 Å². The zero-order valence-corrected chi connectivity index (χ0v) is 23.4. The van der Waals surface area contributed by atoms with E-state index in [0.29, 0.717) is 37.4 Å². The molecule has 3 heterocycles. The minimum absolute atomic E-state index is 0.158. The Kier molecular flexibility index (Phi) is 8.29. The first kappa shape index (κ1) is 28.8. The van der Waals surface area contributed by atoms with Crippen molar-refractivity contribution < 1.29 is 23.8 Å². The second-order valence-electron chi connectivity index (χ2n) is 10.9. The highest BCUT2D eigenvalue weighted by molar-refractivity contribution is 6.11. The number of nitrogen functional groups attached to an aromatic ring is 1. The van der Waals surface area contributed by atoms with Gasteiger partial charge >= 0.3 is 6.09 Å². The number of anilines is 3. The zero-order chi connectivity index (χ0) is 29.2. The Hall–Kier alpha value is -4.19. The Morgan fingerprint density at radius 3 is 2.60 bits per heavy atom. The highest BCUT2D eigenvalue weighted by Crippen LogP contribution is 2.30. The molecule has 1 aliphatic heterocycles. The molecule has 4 N–H and O–H groups in total. The normalized spacial score (nSPS) is 15.1. The summed E-state index contributed by atoms with van der Waals surface area (Å²) in [6.07, 6.45) is 3.78. The number of aliphatic hydroxyl groups is 1. The van der Waals surface area contributed by atoms with Crippen LogP contribution in [0.2, 0.25) is 0 Å². The van der Waals surface area contributed by atoms with Gasteiger partial charge in [0.05, 0.1) is 35.3 Å². The summed E-state index contributed by atoms with van der Waals surface area (Å²) in [5, 5.41) is 12.4. The molecule has 1 fully saturated rings. The van der Waals surface area contributed by atoms with Gasteiger partial charge in [-0.1, -0.05) is 0 Å². The number of aryl methyl sites for hydroxylation is 1. The molecule has 0 bridgehead atoms. The Morgan fingerprint density at radius 2 is 1.95 bits per heavy atom. The number of hydrogen-bond acceptors (Lipinski definition) is 8. The number of aliphatic hydroxyl groups excluding tert-OH is 1. The van der Waals surface area contributed by atoms with E-state index >= 15 is 0 Å². The molecular weight excluding hydrogens is 517 g/mol. The number of aliphatic imine (C=N–C) groups is 1. The van der Waals surface area contributed by atoms with Gasteiger partial charge in [0.2, 0.25) is 0 Å². The summed E-state index contributed by atoms with van der Waals surface area (Å²) in [7, 11) is 0. The smallest absolute Gasteiger partial charge is 0.410 e. The highest BCUT2D eigenvalue weighted by atomic mass is 19.1. The third kappa shape index (κ3) is 6.68. The fraction of sp³-hybridized carbons (Fsp3) is 0.429. The van der Waals surface area contributed by atoms with Gasteiger partial charge in [0.15, 0.2) is 11.5 Å². The number of carbonyl (C=O) groups is 2. The molecule has 0 radical (unpaired) electrons. The van der Waals surface area contributed by atoms with Crippen molar-refractivity contribution in [2.75, 3.05) is 48.7 Å². The number of piperazine rings is 1. The Balaban J connectivity index is 1.58. The van der Waals surface area contributed by atoms with E-state index in [0.717, 1.165) is 5.69 Å². The van der Waals surface area contributed by atoms with E-state index < -0.39 is 23.4 Å². The summed E-state index contributed by atoms with van der Waals surface area (Å²) in [6, 6.07) is 4.60. The number of halogens is 1. The number of hydrogen-bond donors (Lipinski definition) is 3. The van der Waals surface area contributed by atoms with Gasteiger partial charge in [0.1, 0.15) is 5.60 Å². The first-order valence-corrected chi connectivity index (χ1v) is 13.1. The lowest BCUT2D eigenvalue weighted by atomic mass is 10.0. The van der Waals surface area contributed by atoms with E-state index in [2.05, 4.69) is 20.2 Å². The van der Waals surface area contributed by atoms with Gasteiger partial charge in [0, 0.05) is 62.1 Å². The molecule has 3 aromatic rings. The van der Waals surface area contributed by atoms with Crippen LogP contribution in [0, 0.1) is 12.7 Å². The molecule has 1 unspecified atom stereocenters. The summed E-state index contributed by atoms with van der Waals surface area (Å²) in [5.41, 5.74) is 8.65. The van der Waals surface area contributed by atoms with Crippen molar-refractivity contribution in [3.63, 3.8) is 0 Å². The van der Waals surface area contributed by atoms with E-state index in [-0.39, 0.29) is 35.2 Å². The molecule has 40 heavy (non-hydrogen) atoms. The van der Waals surface area contributed by atoms with Crippen LogP contribution in [-0.4, -0.2) is 82.0 Å². The average molecular weight is 554 g/mol. The van der Waals surface area contributed by atoms with Crippen LogP contribution < -0.4 is 16.0 Å². The van der Waals surface area contributed by atoms with Gasteiger partial charge in [-0.15, -0.1) is 0 Å². The van der Waals surface area contributed by atoms with Crippen LogP contribution in [0.25, 0.3) is 5.65 Å². The number of amides is 2. The zero-order valence-electron chi connectivity index (χ0n) is 23.4. The number of aromatic nitrogens is 2. The van der Waals surface area contributed by atoms with Gasteiger partial charge in [-0.3, -0.25) is 9.79 Å². The largest absolute Gasteiger partial charge is 0.444 e. The molecular formula is C28H36FN7O4. The number of imidazole rings is 1. The number of pyridine rings is 1. The predicted molar refractivity (Wildman–Crippen MR) is 153 cm³/mol. The fourth-order valence-corrected chi connectivity index (χ4v) is 4.43. The molecule has 11 nitrogen and oxygen atoms in total. The van der Waals surface area contributed by atoms with Crippen LogP contribution >= 0.6 is 0 Å². The quantitative estimate of drug-likeness (QED) is 0.314. The summed E-state index contributed by atoms with van der Waals surface area (Å²) in [5.74, 6) is -1.08. The molecule has 1 aliphatic rings. The molecule has 214 valence electrons. The van der Waals surface area contributed by atoms with Crippen LogP contribution in [0.3, 0.4) is 0 Å². The number of carbonyl (C=O) groups excluding carboxylic acids is 2. The lowest BCUT2D eigenvalue weighted by Crippen LogP contribution is -2.50. The number of rotatable bonds is 6. The van der Waals surface area contributed by atoms with Gasteiger partial charge in [-0.2, -0.15) is 0 Å². The maximum absolute atomic E-state index is 14.5. The van der Waals surface area contributed by atoms with E-state index in [1.165, 1.54) is 10.5 Å². The lowest BCUT2D eigenvalue weighted by Gasteiger charge is -2.37. The first-order valence-electron chi connectivity index (χ1n) is 13.1. The number of nitrogens with zero attached hydrogens (tertiary/aromatic N) is 5. The Morgan fingerprint density at radius 1 is 1.25 bits per heavy atom. The van der Waals surface area contributed by atoms with E-state index in [4.69, 9.17) is 10.5 Å². The molecule has 0 spiro atoms. The maximum atomic E-state index is 14.5. The van der Waals surface area contributed by atoms with Crippen molar-refractivity contribution in [2.24, 2.45) is 4.99 Å². The Labute approximate surface area is 232 Å². The topological polar surface area (TPSA) is 138 Å². The van der Waals surface area contributed by atoms with Gasteiger partial charge in [-0.05, 0) is 46.8 Å². The van der Waals surface area contributed by atoms with Crippen LogP contribution in [-0.2, 0) is 4.74 Å². The molecule has 1 saturated heterocycles. The summed E-state index contributed by atoms with van der Waals surface area (Å²) in [4.78, 5) is 37.9. The second kappa shape index (κ2) is 11.5. The van der Waals surface area contributed by atoms with Gasteiger partial charge in [-0.25, -0.2) is 14.2 Å². The molecule has 2 amide bonds. The van der Waals surface area contributed by atoms with Gasteiger partial charge < -0.3 is 35.1 Å². The molecule has 1 atom stereocenters. The molecule has 1 aromatic carbocycles. The van der Waals surface area contributed by atoms with Crippen molar-refractivity contribution in [3.05, 3.63) is 53.2 Å². The number of benzene rings is 1. The van der Waals surface area contributed by atoms with Crippen molar-refractivity contribution in [1.82, 2.24) is 14.3 Å². The molecule has 0 aliphatic carbocycles. The van der Waals surface area contributed by atoms with Gasteiger partial charge in [0.25, 0.3) is 5.91 Å². The van der Waals surface area contributed by atoms with Crippen LogP contribution in [0.5, 0.6) is 0 Å². The minimum Gasteiger partial charge on any atom is -0.444 e. The third-order valence-corrected chi connectivity index (χ3v) is 6.26. The van der Waals surface area contributed by atoms with Crippen LogP contribution in [0.15, 0.2) is 35.6 Å². The minimum atomic E-state index is -0.651. The summed E-state index contributed by atoms with van der Waals surface area (Å²) >= 11 is 0. The standard InChI is InChI=1S/C28H36FN7O4/c1-17-15-36-16-19(12-22(29)25(36)32-17)33-26(38)20-6-7-23(21(24(20)30)14-31-13-18(2)37)34-8-10-35(11-9-34)27(39)40-28(3,4)5/h6-7,12,14-16,18,37H,8-11,13,30H2,1-5H3,(H,33,38). The number of nitrogens with two attached hydrogens (primary N) is 1. The number of ether oxygens (including phenoxy) is 1. The van der Waals surface area contributed by atoms with E-state index in [9.17, 15) is 19.1 Å². The molecule has 2 aromatic heterocycles. The van der Waals surface area contributed by atoms with E-state index in [1.54, 1.807) is 49.5 Å². The molecule has 0 saturated carbocycles.